The van der Waals surface area contributed by atoms with Crippen LogP contribution in [0.3, 0.4) is 0 Å². The van der Waals surface area contributed by atoms with Crippen LogP contribution in [0.1, 0.15) is 355 Å². The molecule has 71 heavy (non-hydrogen) atoms. The Morgan fingerprint density at radius 2 is 0.507 bits per heavy atom. The lowest BCUT2D eigenvalue weighted by molar-refractivity contribution is -0.167. The first-order valence-electron chi connectivity index (χ1n) is 31.8. The van der Waals surface area contributed by atoms with Gasteiger partial charge in [0, 0.05) is 19.3 Å². The van der Waals surface area contributed by atoms with Crippen molar-refractivity contribution in [1.29, 1.82) is 0 Å². The summed E-state index contributed by atoms with van der Waals surface area (Å²) >= 11 is 0. The molecule has 6 nitrogen and oxygen atoms in total. The molecule has 0 radical (unpaired) electrons. The highest BCUT2D eigenvalue weighted by atomic mass is 16.6. The lowest BCUT2D eigenvalue weighted by Crippen LogP contribution is -2.30. The van der Waals surface area contributed by atoms with Gasteiger partial charge >= 0.3 is 17.9 Å². The number of allylic oxidation sites excluding steroid dienone is 4. The van der Waals surface area contributed by atoms with Gasteiger partial charge in [0.1, 0.15) is 13.2 Å². The van der Waals surface area contributed by atoms with Crippen LogP contribution in [-0.2, 0) is 28.6 Å². The highest BCUT2D eigenvalue weighted by Crippen LogP contribution is 2.18. The van der Waals surface area contributed by atoms with Crippen LogP contribution in [0.5, 0.6) is 0 Å². The largest absolute Gasteiger partial charge is 0.462 e. The standard InChI is InChI=1S/C65H122O6/c1-4-7-10-13-16-19-22-25-28-31-32-35-37-40-43-46-49-52-55-58-64(67)70-61-62(71-65(68)59-56-53-50-47-44-41-38-34-30-27-24-21-18-15-12-9-6-3)60-69-63(66)57-54-51-48-45-42-39-36-33-29-26-23-20-17-14-11-8-5-2/h16,19,25,28,62H,4-15,17-18,20-24,26-27,29-61H2,1-3H3/b19-16-,28-25-. The smallest absolute Gasteiger partial charge is 0.306 e. The molecule has 0 aromatic rings. The van der Waals surface area contributed by atoms with E-state index >= 15 is 0 Å². The molecule has 0 aromatic carbocycles. The monoisotopic (exact) mass is 999 g/mol. The minimum atomic E-state index is -0.768. The van der Waals surface area contributed by atoms with Crippen molar-refractivity contribution >= 4 is 17.9 Å². The molecule has 6 heteroatoms. The van der Waals surface area contributed by atoms with Gasteiger partial charge in [-0.1, -0.05) is 308 Å². The van der Waals surface area contributed by atoms with Crippen molar-refractivity contribution in [3.05, 3.63) is 24.3 Å². The van der Waals surface area contributed by atoms with E-state index in [9.17, 15) is 14.4 Å². The summed E-state index contributed by atoms with van der Waals surface area (Å²) in [4.78, 5) is 38.3. The summed E-state index contributed by atoms with van der Waals surface area (Å²) in [7, 11) is 0. The second kappa shape index (κ2) is 60.4. The quantitative estimate of drug-likeness (QED) is 0.0261. The minimum Gasteiger partial charge on any atom is -0.462 e. The van der Waals surface area contributed by atoms with Crippen molar-refractivity contribution in [2.45, 2.75) is 361 Å². The summed E-state index contributed by atoms with van der Waals surface area (Å²) in [5.74, 6) is -0.841. The zero-order chi connectivity index (χ0) is 51.4. The molecule has 0 aliphatic carbocycles. The third-order valence-corrected chi connectivity index (χ3v) is 14.5. The lowest BCUT2D eigenvalue weighted by Gasteiger charge is -2.18. The molecule has 0 saturated heterocycles. The fourth-order valence-corrected chi connectivity index (χ4v) is 9.65. The van der Waals surface area contributed by atoms with E-state index in [2.05, 4.69) is 45.1 Å². The molecule has 0 aromatic heterocycles. The number of hydrogen-bond donors (Lipinski definition) is 0. The van der Waals surface area contributed by atoms with Crippen LogP contribution in [-0.4, -0.2) is 37.2 Å². The van der Waals surface area contributed by atoms with Gasteiger partial charge in [0.15, 0.2) is 6.10 Å². The van der Waals surface area contributed by atoms with Gasteiger partial charge in [-0.15, -0.1) is 0 Å². The Bertz CT molecular complexity index is 1150. The van der Waals surface area contributed by atoms with Crippen LogP contribution >= 0.6 is 0 Å². The van der Waals surface area contributed by atoms with E-state index in [-0.39, 0.29) is 31.1 Å². The van der Waals surface area contributed by atoms with Gasteiger partial charge < -0.3 is 14.2 Å². The lowest BCUT2D eigenvalue weighted by atomic mass is 10.0. The van der Waals surface area contributed by atoms with E-state index in [4.69, 9.17) is 14.2 Å². The minimum absolute atomic E-state index is 0.0661. The maximum Gasteiger partial charge on any atom is 0.306 e. The Balaban J connectivity index is 4.31. The third kappa shape index (κ3) is 58.7. The number of ether oxygens (including phenoxy) is 3. The van der Waals surface area contributed by atoms with Gasteiger partial charge in [-0.2, -0.15) is 0 Å². The molecule has 1 unspecified atom stereocenters. The Kier molecular flexibility index (Phi) is 58.6. The van der Waals surface area contributed by atoms with Gasteiger partial charge in [-0.25, -0.2) is 0 Å². The molecular formula is C65H122O6. The molecule has 0 bridgehead atoms. The third-order valence-electron chi connectivity index (χ3n) is 14.5. The molecule has 0 fully saturated rings. The summed E-state index contributed by atoms with van der Waals surface area (Å²) in [6.45, 7) is 6.69. The molecule has 0 amide bonds. The number of unbranched alkanes of at least 4 members (excludes halogenated alkanes) is 44. The average Bonchev–Trinajstić information content (AvgIpc) is 3.37. The molecule has 1 atom stereocenters. The first-order chi connectivity index (χ1) is 35.0. The summed E-state index contributed by atoms with van der Waals surface area (Å²) in [6, 6.07) is 0. The van der Waals surface area contributed by atoms with Crippen molar-refractivity contribution in [2.75, 3.05) is 13.2 Å². The molecule has 0 aliphatic heterocycles. The van der Waals surface area contributed by atoms with E-state index < -0.39 is 6.10 Å². The number of carbonyl (C=O) groups excluding carboxylic acids is 3. The normalized spacial score (nSPS) is 12.1. The topological polar surface area (TPSA) is 78.9 Å². The van der Waals surface area contributed by atoms with Crippen LogP contribution in [0.15, 0.2) is 24.3 Å². The van der Waals surface area contributed by atoms with Crippen LogP contribution in [0.4, 0.5) is 0 Å². The molecule has 0 spiro atoms. The highest BCUT2D eigenvalue weighted by molar-refractivity contribution is 5.71. The van der Waals surface area contributed by atoms with E-state index in [0.29, 0.717) is 19.3 Å². The van der Waals surface area contributed by atoms with E-state index in [1.165, 1.54) is 250 Å². The highest BCUT2D eigenvalue weighted by Gasteiger charge is 2.19. The second-order valence-electron chi connectivity index (χ2n) is 21.7. The zero-order valence-electron chi connectivity index (χ0n) is 48.0. The predicted molar refractivity (Wildman–Crippen MR) is 307 cm³/mol. The second-order valence-corrected chi connectivity index (χ2v) is 21.7. The first-order valence-corrected chi connectivity index (χ1v) is 31.8. The van der Waals surface area contributed by atoms with Crippen LogP contribution < -0.4 is 0 Å². The van der Waals surface area contributed by atoms with Gasteiger partial charge in [0.2, 0.25) is 0 Å². The van der Waals surface area contributed by atoms with Crippen molar-refractivity contribution in [3.63, 3.8) is 0 Å². The first kappa shape index (κ1) is 68.9. The summed E-state index contributed by atoms with van der Waals surface area (Å²) in [5, 5.41) is 0. The molecule has 418 valence electrons. The van der Waals surface area contributed by atoms with E-state index in [1.54, 1.807) is 0 Å². The summed E-state index contributed by atoms with van der Waals surface area (Å²) < 4.78 is 17.0. The fraction of sp³-hybridized carbons (Fsp3) is 0.892. The Labute approximate surface area is 443 Å². The fourth-order valence-electron chi connectivity index (χ4n) is 9.65. The van der Waals surface area contributed by atoms with Crippen LogP contribution in [0, 0.1) is 0 Å². The van der Waals surface area contributed by atoms with Gasteiger partial charge in [0.25, 0.3) is 0 Å². The van der Waals surface area contributed by atoms with Crippen molar-refractivity contribution < 1.29 is 28.6 Å². The van der Waals surface area contributed by atoms with Crippen LogP contribution in [0.2, 0.25) is 0 Å². The predicted octanol–water partition coefficient (Wildman–Crippen LogP) is 21.4. The number of esters is 3. The Morgan fingerprint density at radius 3 is 0.803 bits per heavy atom. The van der Waals surface area contributed by atoms with Crippen molar-refractivity contribution in [2.24, 2.45) is 0 Å². The maximum absolute atomic E-state index is 12.9. The Hall–Kier alpha value is -2.11. The zero-order valence-corrected chi connectivity index (χ0v) is 48.0. The maximum atomic E-state index is 12.9. The summed E-state index contributed by atoms with van der Waals surface area (Å²) in [5.41, 5.74) is 0. The molecule has 0 rings (SSSR count). The van der Waals surface area contributed by atoms with Gasteiger partial charge in [0.05, 0.1) is 0 Å². The van der Waals surface area contributed by atoms with Crippen LogP contribution in [0.25, 0.3) is 0 Å². The number of carbonyl (C=O) groups is 3. The average molecular weight is 1000 g/mol. The van der Waals surface area contributed by atoms with Crippen molar-refractivity contribution in [3.8, 4) is 0 Å². The molecule has 0 N–H and O–H groups in total. The SMILES string of the molecule is CCCCC/C=C\C/C=C\CCCCCCCCCCCC(=O)OCC(COC(=O)CCCCCCCCCCCCCCCCCCC)OC(=O)CCCCCCCCCCCCCCCCCCC. The number of hydrogen-bond acceptors (Lipinski definition) is 6. The molecule has 0 aliphatic rings. The number of rotatable bonds is 59. The molecule has 0 heterocycles. The van der Waals surface area contributed by atoms with E-state index in [1.807, 2.05) is 0 Å². The Morgan fingerprint density at radius 1 is 0.282 bits per heavy atom. The summed E-state index contributed by atoms with van der Waals surface area (Å²) in [6.07, 6.45) is 71.7. The molecular weight excluding hydrogens is 877 g/mol. The van der Waals surface area contributed by atoms with Crippen molar-refractivity contribution in [1.82, 2.24) is 0 Å². The van der Waals surface area contributed by atoms with Gasteiger partial charge in [-0.3, -0.25) is 14.4 Å². The van der Waals surface area contributed by atoms with E-state index in [0.717, 1.165) is 64.2 Å². The molecule has 0 saturated carbocycles. The van der Waals surface area contributed by atoms with Gasteiger partial charge in [-0.05, 0) is 51.4 Å².